The van der Waals surface area contributed by atoms with Gasteiger partial charge in [-0.1, -0.05) is 30.3 Å². The molecule has 0 aliphatic carbocycles. The van der Waals surface area contributed by atoms with Gasteiger partial charge in [0, 0.05) is 44.2 Å². The van der Waals surface area contributed by atoms with Crippen molar-refractivity contribution in [2.24, 2.45) is 7.05 Å². The van der Waals surface area contributed by atoms with Crippen molar-refractivity contribution in [2.75, 3.05) is 18.4 Å². The quantitative estimate of drug-likeness (QED) is 0.520. The third kappa shape index (κ3) is 3.76. The first-order valence-electron chi connectivity index (χ1n) is 10.3. The molecule has 0 unspecified atom stereocenters. The summed E-state index contributed by atoms with van der Waals surface area (Å²) < 4.78 is 8.46. The maximum atomic E-state index is 12.7. The van der Waals surface area contributed by atoms with Crippen molar-refractivity contribution in [2.45, 2.75) is 6.42 Å². The molecule has 0 radical (unpaired) electrons. The van der Waals surface area contributed by atoms with Gasteiger partial charge in [-0.3, -0.25) is 10.1 Å². The summed E-state index contributed by atoms with van der Waals surface area (Å²) in [6.45, 7) is 1.33. The van der Waals surface area contributed by atoms with E-state index in [0.29, 0.717) is 18.7 Å². The van der Waals surface area contributed by atoms with Gasteiger partial charge in [0.05, 0.1) is 23.1 Å². The van der Waals surface area contributed by atoms with Crippen molar-refractivity contribution in [3.05, 3.63) is 66.1 Å². The van der Waals surface area contributed by atoms with Crippen LogP contribution in [0.15, 0.2) is 55.0 Å². The first-order valence-corrected chi connectivity index (χ1v) is 10.3. The number of carbonyl (C=O) groups excluding carboxylic acids is 2. The van der Waals surface area contributed by atoms with Crippen LogP contribution in [0.2, 0.25) is 0 Å². The number of hydrogen-bond donors (Lipinski definition) is 1. The van der Waals surface area contributed by atoms with Crippen molar-refractivity contribution in [3.63, 3.8) is 0 Å². The van der Waals surface area contributed by atoms with Gasteiger partial charge in [0.2, 0.25) is 5.88 Å². The summed E-state index contributed by atoms with van der Waals surface area (Å²) in [6.07, 6.45) is 4.89. The maximum absolute atomic E-state index is 12.7. The van der Waals surface area contributed by atoms with E-state index in [2.05, 4.69) is 21.5 Å². The number of nitrogens with one attached hydrogen (secondary N) is 1. The highest BCUT2D eigenvalue weighted by Crippen LogP contribution is 2.25. The van der Waals surface area contributed by atoms with E-state index in [1.54, 1.807) is 28.6 Å². The standard InChI is InChI=1S/C23H19N7O3/c1-28-22(17(12-25-28)21(31)29-8-5-9-29)33-23(32)27-18-10-20-26-19(15-6-3-2-4-7-15)14-30(20)13-16(18)11-24/h2-4,6-7,10,12-14H,5,8-9H2,1H3,(H,27,32). The number of ether oxygens (including phenoxy) is 1. The Hall–Kier alpha value is -4.65. The van der Waals surface area contributed by atoms with Crippen LogP contribution < -0.4 is 10.1 Å². The molecule has 1 fully saturated rings. The topological polar surface area (TPSA) is 118 Å². The number of fused-ring (bicyclic) bond motifs is 1. The van der Waals surface area contributed by atoms with E-state index in [9.17, 15) is 14.9 Å². The second kappa shape index (κ2) is 8.12. The molecule has 10 heteroatoms. The first-order chi connectivity index (χ1) is 16.0. The molecule has 10 nitrogen and oxygen atoms in total. The molecule has 1 N–H and O–H groups in total. The van der Waals surface area contributed by atoms with Gasteiger partial charge in [0.25, 0.3) is 5.91 Å². The fourth-order valence-corrected chi connectivity index (χ4v) is 3.58. The smallest absolute Gasteiger partial charge is 0.390 e. The minimum absolute atomic E-state index is 0.0381. The van der Waals surface area contributed by atoms with Gasteiger partial charge in [-0.15, -0.1) is 0 Å². The Morgan fingerprint density at radius 3 is 2.67 bits per heavy atom. The van der Waals surface area contributed by atoms with E-state index in [0.717, 1.165) is 17.7 Å². The summed E-state index contributed by atoms with van der Waals surface area (Å²) >= 11 is 0. The summed E-state index contributed by atoms with van der Waals surface area (Å²) in [5.41, 5.74) is 2.92. The number of aromatic nitrogens is 4. The largest absolute Gasteiger partial charge is 0.418 e. The second-order valence-corrected chi connectivity index (χ2v) is 7.62. The summed E-state index contributed by atoms with van der Waals surface area (Å²) in [5, 5.41) is 16.2. The minimum Gasteiger partial charge on any atom is -0.390 e. The second-order valence-electron chi connectivity index (χ2n) is 7.62. The van der Waals surface area contributed by atoms with Crippen molar-refractivity contribution in [3.8, 4) is 23.2 Å². The van der Waals surface area contributed by atoms with Crippen molar-refractivity contribution in [1.82, 2.24) is 24.1 Å². The number of anilines is 1. The molecule has 4 heterocycles. The van der Waals surface area contributed by atoms with Gasteiger partial charge in [0.15, 0.2) is 0 Å². The predicted molar refractivity (Wildman–Crippen MR) is 119 cm³/mol. The zero-order chi connectivity index (χ0) is 22.9. The lowest BCUT2D eigenvalue weighted by atomic mass is 10.2. The van der Waals surface area contributed by atoms with Crippen LogP contribution in [0.25, 0.3) is 16.9 Å². The molecular weight excluding hydrogens is 422 g/mol. The van der Waals surface area contributed by atoms with Crippen LogP contribution >= 0.6 is 0 Å². The van der Waals surface area contributed by atoms with Gasteiger partial charge in [0.1, 0.15) is 17.3 Å². The number of nitrogens with zero attached hydrogens (tertiary/aromatic N) is 6. The van der Waals surface area contributed by atoms with Gasteiger partial charge in [-0.2, -0.15) is 10.4 Å². The zero-order valence-corrected chi connectivity index (χ0v) is 17.7. The number of aryl methyl sites for hydroxylation is 1. The number of benzene rings is 1. The third-order valence-corrected chi connectivity index (χ3v) is 5.47. The van der Waals surface area contributed by atoms with Gasteiger partial charge in [-0.05, 0) is 6.42 Å². The average Bonchev–Trinajstić information content (AvgIpc) is 3.35. The van der Waals surface area contributed by atoms with Crippen LogP contribution in [0.5, 0.6) is 5.88 Å². The Labute approximate surface area is 188 Å². The first kappa shape index (κ1) is 20.3. The van der Waals surface area contributed by atoms with Gasteiger partial charge < -0.3 is 14.0 Å². The Morgan fingerprint density at radius 1 is 1.18 bits per heavy atom. The number of likely N-dealkylation sites (tertiary alicyclic amines) is 1. The van der Waals surface area contributed by atoms with Crippen molar-refractivity contribution in [1.29, 1.82) is 5.26 Å². The Morgan fingerprint density at radius 2 is 1.97 bits per heavy atom. The number of hydrogen-bond acceptors (Lipinski definition) is 6. The molecule has 1 aliphatic rings. The normalized spacial score (nSPS) is 12.8. The molecular formula is C23H19N7O3. The van der Waals surface area contributed by atoms with E-state index in [4.69, 9.17) is 4.74 Å². The molecule has 1 aromatic carbocycles. The lowest BCUT2D eigenvalue weighted by molar-refractivity contribution is 0.0649. The summed E-state index contributed by atoms with van der Waals surface area (Å²) in [6, 6.07) is 13.3. The highest BCUT2D eigenvalue weighted by Gasteiger charge is 2.28. The number of rotatable bonds is 4. The number of amides is 2. The van der Waals surface area contributed by atoms with Crippen molar-refractivity contribution < 1.29 is 14.3 Å². The Bertz CT molecular complexity index is 1410. The molecule has 2 amide bonds. The van der Waals surface area contributed by atoms with E-state index in [-0.39, 0.29) is 28.6 Å². The number of imidazole rings is 1. The number of pyridine rings is 1. The van der Waals surface area contributed by atoms with Crippen LogP contribution in [0.1, 0.15) is 22.3 Å². The molecule has 1 saturated heterocycles. The van der Waals surface area contributed by atoms with Gasteiger partial charge >= 0.3 is 6.09 Å². The van der Waals surface area contributed by atoms with Crippen molar-refractivity contribution >= 4 is 23.3 Å². The molecule has 5 rings (SSSR count). The lowest BCUT2D eigenvalue weighted by Gasteiger charge is -2.30. The zero-order valence-electron chi connectivity index (χ0n) is 17.7. The van der Waals surface area contributed by atoms with E-state index >= 15 is 0 Å². The fourth-order valence-electron chi connectivity index (χ4n) is 3.58. The highest BCUT2D eigenvalue weighted by atomic mass is 16.6. The predicted octanol–water partition coefficient (Wildman–Crippen LogP) is 3.06. The van der Waals surface area contributed by atoms with Crippen LogP contribution in [0, 0.1) is 11.3 Å². The van der Waals surface area contributed by atoms with Crippen LogP contribution in [-0.2, 0) is 7.05 Å². The monoisotopic (exact) mass is 441 g/mol. The fraction of sp³-hybridized carbons (Fsp3) is 0.174. The van der Waals surface area contributed by atoms with E-state index in [1.165, 1.54) is 10.9 Å². The summed E-state index contributed by atoms with van der Waals surface area (Å²) in [4.78, 5) is 31.5. The maximum Gasteiger partial charge on any atom is 0.418 e. The number of carbonyl (C=O) groups is 2. The average molecular weight is 441 g/mol. The highest BCUT2D eigenvalue weighted by molar-refractivity contribution is 5.98. The minimum atomic E-state index is -0.841. The molecule has 1 aliphatic heterocycles. The molecule has 33 heavy (non-hydrogen) atoms. The van der Waals surface area contributed by atoms with E-state index in [1.807, 2.05) is 36.5 Å². The molecule has 164 valence electrons. The van der Waals surface area contributed by atoms with Crippen LogP contribution in [-0.4, -0.2) is 49.2 Å². The molecule has 0 bridgehead atoms. The molecule has 0 spiro atoms. The van der Waals surface area contributed by atoms with E-state index < -0.39 is 6.09 Å². The summed E-state index contributed by atoms with van der Waals surface area (Å²) in [7, 11) is 1.58. The Balaban J connectivity index is 1.40. The van der Waals surface area contributed by atoms with Gasteiger partial charge in [-0.25, -0.2) is 14.5 Å². The third-order valence-electron chi connectivity index (χ3n) is 5.47. The number of nitriles is 1. The summed E-state index contributed by atoms with van der Waals surface area (Å²) in [5.74, 6) is -0.196. The molecule has 0 saturated carbocycles. The molecule has 3 aromatic heterocycles. The lowest BCUT2D eigenvalue weighted by Crippen LogP contribution is -2.42. The van der Waals surface area contributed by atoms with Crippen LogP contribution in [0.3, 0.4) is 0 Å². The molecule has 0 atom stereocenters. The van der Waals surface area contributed by atoms with Crippen LogP contribution in [0.4, 0.5) is 10.5 Å². The Kier molecular flexibility index (Phi) is 4.99. The SMILES string of the molecule is Cn1ncc(C(=O)N2CCC2)c1OC(=O)Nc1cc2nc(-c3ccccc3)cn2cc1C#N. The molecule has 4 aromatic rings.